The molecule has 0 unspecified atom stereocenters. The van der Waals surface area contributed by atoms with E-state index in [0.717, 1.165) is 12.3 Å². The minimum atomic E-state index is -0.319. The number of hydrazine groups is 1. The Morgan fingerprint density at radius 1 is 1.33 bits per heavy atom. The summed E-state index contributed by atoms with van der Waals surface area (Å²) in [4.78, 5) is 13.6. The summed E-state index contributed by atoms with van der Waals surface area (Å²) in [5.41, 5.74) is 2.59. The van der Waals surface area contributed by atoms with E-state index in [1.807, 2.05) is 0 Å². The second-order valence-corrected chi connectivity index (χ2v) is 5.19. The number of carbonyl (C=O) groups is 1. The van der Waals surface area contributed by atoms with Gasteiger partial charge in [-0.1, -0.05) is 6.42 Å². The van der Waals surface area contributed by atoms with Gasteiger partial charge in [0.15, 0.2) is 0 Å². The van der Waals surface area contributed by atoms with E-state index in [-0.39, 0.29) is 12.5 Å². The van der Waals surface area contributed by atoms with E-state index in [1.165, 1.54) is 19.3 Å². The van der Waals surface area contributed by atoms with Crippen molar-refractivity contribution in [3.63, 3.8) is 0 Å². The maximum atomic E-state index is 11.3. The molecular formula is C15H23N3O3. The largest absolute Gasteiger partial charge is 0.492 e. The van der Waals surface area contributed by atoms with Gasteiger partial charge < -0.3 is 9.84 Å². The van der Waals surface area contributed by atoms with Crippen LogP contribution < -0.4 is 16.0 Å². The van der Waals surface area contributed by atoms with Crippen molar-refractivity contribution in [1.29, 1.82) is 0 Å². The van der Waals surface area contributed by atoms with Crippen molar-refractivity contribution in [3.8, 4) is 5.75 Å². The number of ether oxygens (including phenoxy) is 1. The Kier molecular flexibility index (Phi) is 5.98. The lowest BCUT2D eigenvalue weighted by atomic mass is 9.91. The molecule has 0 aliphatic heterocycles. The van der Waals surface area contributed by atoms with Crippen molar-refractivity contribution in [1.82, 2.24) is 10.3 Å². The zero-order chi connectivity index (χ0) is 15.1. The number of carbonyl (C=O) groups excluding carboxylic acids is 1. The van der Waals surface area contributed by atoms with Crippen molar-refractivity contribution in [2.45, 2.75) is 25.3 Å². The highest BCUT2D eigenvalue weighted by Gasteiger charge is 2.24. The monoisotopic (exact) mass is 293 g/mol. The third-order valence-electron chi connectivity index (χ3n) is 3.87. The third kappa shape index (κ3) is 4.42. The van der Waals surface area contributed by atoms with E-state index in [1.54, 1.807) is 24.3 Å². The van der Waals surface area contributed by atoms with Gasteiger partial charge in [0, 0.05) is 24.7 Å². The maximum absolute atomic E-state index is 11.3. The highest BCUT2D eigenvalue weighted by Crippen LogP contribution is 2.24. The first-order valence-electron chi connectivity index (χ1n) is 7.33. The topological polar surface area (TPSA) is 87.8 Å². The van der Waals surface area contributed by atoms with Gasteiger partial charge in [0.05, 0.1) is 6.61 Å². The van der Waals surface area contributed by atoms with Gasteiger partial charge in [-0.25, -0.2) is 5.84 Å². The Hall–Kier alpha value is -1.63. The van der Waals surface area contributed by atoms with Crippen LogP contribution in [0.15, 0.2) is 24.3 Å². The van der Waals surface area contributed by atoms with Crippen molar-refractivity contribution in [2.75, 3.05) is 26.3 Å². The van der Waals surface area contributed by atoms with Crippen LogP contribution >= 0.6 is 0 Å². The van der Waals surface area contributed by atoms with Gasteiger partial charge in [-0.05, 0) is 37.1 Å². The second-order valence-electron chi connectivity index (χ2n) is 5.19. The van der Waals surface area contributed by atoms with Crippen LogP contribution in [0.1, 0.15) is 29.6 Å². The molecule has 1 saturated carbocycles. The van der Waals surface area contributed by atoms with Crippen LogP contribution in [-0.4, -0.2) is 48.3 Å². The fraction of sp³-hybridized carbons (Fsp3) is 0.533. The van der Waals surface area contributed by atoms with E-state index >= 15 is 0 Å². The number of benzene rings is 1. The molecule has 116 valence electrons. The highest BCUT2D eigenvalue weighted by atomic mass is 16.5. The number of aliphatic hydroxyl groups excluding tert-OH is 1. The smallest absolute Gasteiger partial charge is 0.265 e. The van der Waals surface area contributed by atoms with Gasteiger partial charge in [-0.3, -0.25) is 15.1 Å². The number of amides is 1. The lowest BCUT2D eigenvalue weighted by Gasteiger charge is -2.37. The summed E-state index contributed by atoms with van der Waals surface area (Å²) < 4.78 is 5.68. The quantitative estimate of drug-likeness (QED) is 0.369. The van der Waals surface area contributed by atoms with E-state index in [2.05, 4.69) is 10.3 Å². The van der Waals surface area contributed by atoms with Crippen LogP contribution in [0.25, 0.3) is 0 Å². The number of hydrogen-bond donors (Lipinski definition) is 3. The molecule has 4 N–H and O–H groups in total. The number of nitrogens with zero attached hydrogens (tertiary/aromatic N) is 1. The summed E-state index contributed by atoms with van der Waals surface area (Å²) in [6.45, 7) is 2.25. The van der Waals surface area contributed by atoms with Crippen LogP contribution in [0, 0.1) is 0 Å². The molecule has 6 heteroatoms. The number of hydrogen-bond acceptors (Lipinski definition) is 5. The van der Waals surface area contributed by atoms with Crippen molar-refractivity contribution >= 4 is 5.91 Å². The Morgan fingerprint density at radius 3 is 2.57 bits per heavy atom. The van der Waals surface area contributed by atoms with Crippen LogP contribution in [-0.2, 0) is 0 Å². The average Bonchev–Trinajstić information content (AvgIpc) is 2.45. The molecule has 21 heavy (non-hydrogen) atoms. The molecule has 0 atom stereocenters. The molecule has 1 fully saturated rings. The molecule has 0 heterocycles. The van der Waals surface area contributed by atoms with Crippen LogP contribution in [0.5, 0.6) is 5.75 Å². The molecule has 1 aliphatic rings. The summed E-state index contributed by atoms with van der Waals surface area (Å²) >= 11 is 0. The third-order valence-corrected chi connectivity index (χ3v) is 3.87. The maximum Gasteiger partial charge on any atom is 0.265 e. The molecule has 6 nitrogen and oxygen atoms in total. The number of rotatable bonds is 8. The lowest BCUT2D eigenvalue weighted by Crippen LogP contribution is -2.43. The first-order valence-corrected chi connectivity index (χ1v) is 7.33. The van der Waals surface area contributed by atoms with Crippen molar-refractivity contribution in [3.05, 3.63) is 29.8 Å². The van der Waals surface area contributed by atoms with Crippen molar-refractivity contribution < 1.29 is 14.6 Å². The number of aliphatic hydroxyl groups is 1. The number of nitrogens with two attached hydrogens (primary N) is 1. The Bertz CT molecular complexity index is 446. The Morgan fingerprint density at radius 2 is 2.05 bits per heavy atom. The van der Waals surface area contributed by atoms with Gasteiger partial charge >= 0.3 is 0 Å². The molecule has 1 amide bonds. The lowest BCUT2D eigenvalue weighted by molar-refractivity contribution is 0.0860. The normalized spacial score (nSPS) is 14.8. The fourth-order valence-corrected chi connectivity index (χ4v) is 2.42. The SMILES string of the molecule is NNC(=O)c1ccc(OCCN(CCO)C2CCC2)cc1. The van der Waals surface area contributed by atoms with E-state index in [9.17, 15) is 4.79 Å². The molecule has 1 aliphatic carbocycles. The summed E-state index contributed by atoms with van der Waals surface area (Å²) in [5.74, 6) is 5.48. The predicted octanol–water partition coefficient (Wildman–Crippen LogP) is 0.516. The van der Waals surface area contributed by atoms with Crippen molar-refractivity contribution in [2.24, 2.45) is 5.84 Å². The first-order chi connectivity index (χ1) is 10.2. The minimum Gasteiger partial charge on any atom is -0.492 e. The van der Waals surface area contributed by atoms with Crippen LogP contribution in [0.4, 0.5) is 0 Å². The Labute approximate surface area is 124 Å². The first kappa shape index (κ1) is 15.8. The molecule has 1 aromatic rings. The summed E-state index contributed by atoms with van der Waals surface area (Å²) in [6.07, 6.45) is 3.70. The van der Waals surface area contributed by atoms with Crippen LogP contribution in [0.2, 0.25) is 0 Å². The van der Waals surface area contributed by atoms with Gasteiger partial charge in [0.2, 0.25) is 0 Å². The van der Waals surface area contributed by atoms with Gasteiger partial charge in [0.1, 0.15) is 12.4 Å². The summed E-state index contributed by atoms with van der Waals surface area (Å²) in [5, 5.41) is 9.10. The minimum absolute atomic E-state index is 0.180. The zero-order valence-electron chi connectivity index (χ0n) is 12.1. The van der Waals surface area contributed by atoms with Gasteiger partial charge in [-0.15, -0.1) is 0 Å². The number of nitrogen functional groups attached to an aromatic ring is 1. The molecule has 1 aromatic carbocycles. The molecular weight excluding hydrogens is 270 g/mol. The molecule has 0 aromatic heterocycles. The molecule has 0 spiro atoms. The van der Waals surface area contributed by atoms with E-state index < -0.39 is 0 Å². The van der Waals surface area contributed by atoms with E-state index in [4.69, 9.17) is 15.7 Å². The zero-order valence-corrected chi connectivity index (χ0v) is 12.1. The van der Waals surface area contributed by atoms with Gasteiger partial charge in [-0.2, -0.15) is 0 Å². The number of nitrogens with one attached hydrogen (secondary N) is 1. The molecule has 0 radical (unpaired) electrons. The summed E-state index contributed by atoms with van der Waals surface area (Å²) in [6, 6.07) is 7.45. The second kappa shape index (κ2) is 7.97. The molecule has 2 rings (SSSR count). The Balaban J connectivity index is 1.77. The van der Waals surface area contributed by atoms with Gasteiger partial charge in [0.25, 0.3) is 5.91 Å². The standard InChI is InChI=1S/C15H23N3O3/c16-17-15(20)12-4-6-14(7-5-12)21-11-9-18(8-10-19)13-2-1-3-13/h4-7,13,19H,1-3,8-11,16H2,(H,17,20). The summed E-state index contributed by atoms with van der Waals surface area (Å²) in [7, 11) is 0. The van der Waals surface area contributed by atoms with Crippen LogP contribution in [0.3, 0.4) is 0 Å². The average molecular weight is 293 g/mol. The molecule has 0 saturated heterocycles. The molecule has 0 bridgehead atoms. The highest BCUT2D eigenvalue weighted by molar-refractivity contribution is 5.93. The van der Waals surface area contributed by atoms with E-state index in [0.29, 0.717) is 24.8 Å². The predicted molar refractivity (Wildman–Crippen MR) is 79.9 cm³/mol. The fourth-order valence-electron chi connectivity index (χ4n) is 2.42.